The highest BCUT2D eigenvalue weighted by atomic mass is 15.2. The highest BCUT2D eigenvalue weighted by molar-refractivity contribution is 6.67. The molecule has 3 heteroatoms. The van der Waals surface area contributed by atoms with Crippen LogP contribution in [-0.2, 0) is 0 Å². The van der Waals surface area contributed by atoms with Crippen LogP contribution in [0.5, 0.6) is 0 Å². The van der Waals surface area contributed by atoms with Crippen LogP contribution in [-0.4, -0.2) is 44.8 Å². The minimum atomic E-state index is 0.362. The Hall–Kier alpha value is -0.795. The molecule has 0 aliphatic carbocycles. The fourth-order valence-corrected chi connectivity index (χ4v) is 1.68. The van der Waals surface area contributed by atoms with Crippen molar-refractivity contribution in [1.82, 2.24) is 9.62 Å². The van der Waals surface area contributed by atoms with Crippen LogP contribution < -0.4 is 5.46 Å². The molecule has 0 heterocycles. The highest BCUT2D eigenvalue weighted by Gasteiger charge is 2.22. The van der Waals surface area contributed by atoms with E-state index in [1.807, 2.05) is 6.07 Å². The van der Waals surface area contributed by atoms with Crippen LogP contribution in [0.1, 0.15) is 0 Å². The first-order valence-corrected chi connectivity index (χ1v) is 4.50. The molecule has 0 saturated heterocycles. The van der Waals surface area contributed by atoms with Crippen LogP contribution in [0.2, 0.25) is 0 Å². The second-order valence-electron chi connectivity index (χ2n) is 3.71. The summed E-state index contributed by atoms with van der Waals surface area (Å²) in [4.78, 5) is 4.41. The molecule has 0 spiro atoms. The minimum Gasteiger partial charge on any atom is -0.330 e. The van der Waals surface area contributed by atoms with E-state index in [4.69, 9.17) is 0 Å². The van der Waals surface area contributed by atoms with Crippen LogP contribution in [0.15, 0.2) is 30.3 Å². The summed E-state index contributed by atoms with van der Waals surface area (Å²) in [5.41, 5.74) is 1.33. The number of rotatable bonds is 3. The third-order valence-corrected chi connectivity index (χ3v) is 2.08. The van der Waals surface area contributed by atoms with Gasteiger partial charge in [0.05, 0.1) is 0 Å². The van der Waals surface area contributed by atoms with Gasteiger partial charge in [0.1, 0.15) is 0 Å². The van der Waals surface area contributed by atoms with Crippen LogP contribution in [0.25, 0.3) is 0 Å². The van der Waals surface area contributed by atoms with Crippen LogP contribution in [0, 0.1) is 0 Å². The van der Waals surface area contributed by atoms with Crippen molar-refractivity contribution in [2.24, 2.45) is 0 Å². The van der Waals surface area contributed by atoms with Gasteiger partial charge >= 0.3 is 6.98 Å². The average molecular weight is 176 g/mol. The molecule has 0 N–H and O–H groups in total. The molecular formula is C10H17BN2. The predicted octanol–water partition coefficient (Wildman–Crippen LogP) is 0.505. The maximum Gasteiger partial charge on any atom is 0.345 e. The SMILES string of the molecule is CN(C)B(c1ccccc1)N(C)C. The second kappa shape index (κ2) is 4.44. The summed E-state index contributed by atoms with van der Waals surface area (Å²) in [5, 5.41) is 0. The van der Waals surface area contributed by atoms with Crippen LogP contribution in [0.4, 0.5) is 0 Å². The van der Waals surface area contributed by atoms with Crippen molar-refractivity contribution in [1.29, 1.82) is 0 Å². The Labute approximate surface area is 81.3 Å². The molecule has 0 aliphatic heterocycles. The first kappa shape index (κ1) is 10.3. The summed E-state index contributed by atoms with van der Waals surface area (Å²) in [6.07, 6.45) is 0. The maximum atomic E-state index is 2.20. The van der Waals surface area contributed by atoms with Gasteiger partial charge in [-0.1, -0.05) is 30.3 Å². The van der Waals surface area contributed by atoms with Gasteiger partial charge in [0.15, 0.2) is 0 Å². The number of hydrogen-bond donors (Lipinski definition) is 0. The van der Waals surface area contributed by atoms with E-state index in [1.165, 1.54) is 5.46 Å². The summed E-state index contributed by atoms with van der Waals surface area (Å²) in [7, 11) is 8.38. The van der Waals surface area contributed by atoms with Crippen LogP contribution >= 0.6 is 0 Å². The van der Waals surface area contributed by atoms with Gasteiger partial charge in [-0.3, -0.25) is 0 Å². The first-order chi connectivity index (χ1) is 6.13. The zero-order valence-corrected chi connectivity index (χ0v) is 8.86. The average Bonchev–Trinajstić information content (AvgIpc) is 2.04. The molecule has 0 fully saturated rings. The lowest BCUT2D eigenvalue weighted by Crippen LogP contribution is -2.54. The van der Waals surface area contributed by atoms with E-state index in [0.29, 0.717) is 6.98 Å². The van der Waals surface area contributed by atoms with Crippen molar-refractivity contribution >= 4 is 12.4 Å². The molecule has 0 atom stereocenters. The molecule has 0 radical (unpaired) electrons. The van der Waals surface area contributed by atoms with Crippen molar-refractivity contribution < 1.29 is 0 Å². The van der Waals surface area contributed by atoms with Crippen LogP contribution in [0.3, 0.4) is 0 Å². The third-order valence-electron chi connectivity index (χ3n) is 2.08. The molecule has 0 amide bonds. The van der Waals surface area contributed by atoms with Gasteiger partial charge in [0.25, 0.3) is 0 Å². The van der Waals surface area contributed by atoms with E-state index >= 15 is 0 Å². The Bertz CT molecular complexity index is 238. The zero-order valence-electron chi connectivity index (χ0n) is 8.86. The van der Waals surface area contributed by atoms with Gasteiger partial charge in [-0.15, -0.1) is 0 Å². The molecule has 70 valence electrons. The van der Waals surface area contributed by atoms with Gasteiger partial charge in [0, 0.05) is 0 Å². The second-order valence-corrected chi connectivity index (χ2v) is 3.71. The predicted molar refractivity (Wildman–Crippen MR) is 59.2 cm³/mol. The van der Waals surface area contributed by atoms with Crippen molar-refractivity contribution in [3.63, 3.8) is 0 Å². The fourth-order valence-electron chi connectivity index (χ4n) is 1.68. The molecule has 1 aromatic rings. The van der Waals surface area contributed by atoms with E-state index in [1.54, 1.807) is 0 Å². The summed E-state index contributed by atoms with van der Waals surface area (Å²) in [6, 6.07) is 10.5. The van der Waals surface area contributed by atoms with Gasteiger partial charge in [-0.25, -0.2) is 0 Å². The van der Waals surface area contributed by atoms with Crippen molar-refractivity contribution in [3.05, 3.63) is 30.3 Å². The molecule has 0 aromatic heterocycles. The lowest BCUT2D eigenvalue weighted by Gasteiger charge is -2.26. The van der Waals surface area contributed by atoms with E-state index in [-0.39, 0.29) is 0 Å². The molecule has 13 heavy (non-hydrogen) atoms. The largest absolute Gasteiger partial charge is 0.345 e. The van der Waals surface area contributed by atoms with E-state index < -0.39 is 0 Å². The van der Waals surface area contributed by atoms with Gasteiger partial charge in [-0.05, 0) is 33.7 Å². The lowest BCUT2D eigenvalue weighted by molar-refractivity contribution is 0.531. The number of benzene rings is 1. The molecule has 0 unspecified atom stereocenters. The molecule has 1 aromatic carbocycles. The number of hydrogen-bond acceptors (Lipinski definition) is 2. The van der Waals surface area contributed by atoms with Gasteiger partial charge in [-0.2, -0.15) is 0 Å². The monoisotopic (exact) mass is 176 g/mol. The Kier molecular flexibility index (Phi) is 3.52. The molecule has 2 nitrogen and oxygen atoms in total. The number of nitrogens with zero attached hydrogens (tertiary/aromatic N) is 2. The minimum absolute atomic E-state index is 0.362. The molecule has 1 rings (SSSR count). The Balaban J connectivity index is 2.89. The van der Waals surface area contributed by atoms with Crippen molar-refractivity contribution in [2.75, 3.05) is 28.2 Å². The highest BCUT2D eigenvalue weighted by Crippen LogP contribution is 1.94. The Morgan fingerprint density at radius 3 is 1.69 bits per heavy atom. The lowest BCUT2D eigenvalue weighted by atomic mass is 9.65. The third kappa shape index (κ3) is 2.57. The molecular weight excluding hydrogens is 159 g/mol. The standard InChI is InChI=1S/C10H17BN2/c1-12(2)11(13(3)4)10-8-6-5-7-9-10/h5-9H,1-4H3. The summed E-state index contributed by atoms with van der Waals surface area (Å²) in [6.45, 7) is 0.362. The first-order valence-electron chi connectivity index (χ1n) is 4.50. The van der Waals surface area contributed by atoms with E-state index in [2.05, 4.69) is 62.1 Å². The summed E-state index contributed by atoms with van der Waals surface area (Å²) in [5.74, 6) is 0. The van der Waals surface area contributed by atoms with Gasteiger partial charge < -0.3 is 9.62 Å². The quantitative estimate of drug-likeness (QED) is 0.619. The topological polar surface area (TPSA) is 6.48 Å². The van der Waals surface area contributed by atoms with Crippen molar-refractivity contribution in [3.8, 4) is 0 Å². The maximum absolute atomic E-state index is 2.20. The zero-order chi connectivity index (χ0) is 9.84. The van der Waals surface area contributed by atoms with Gasteiger partial charge in [0.2, 0.25) is 0 Å². The fraction of sp³-hybridized carbons (Fsp3) is 0.400. The molecule has 0 bridgehead atoms. The smallest absolute Gasteiger partial charge is 0.330 e. The Morgan fingerprint density at radius 1 is 0.846 bits per heavy atom. The molecule has 0 aliphatic rings. The Morgan fingerprint density at radius 2 is 1.31 bits per heavy atom. The summed E-state index contributed by atoms with van der Waals surface area (Å²) >= 11 is 0. The van der Waals surface area contributed by atoms with E-state index in [0.717, 1.165) is 0 Å². The molecule has 0 saturated carbocycles. The summed E-state index contributed by atoms with van der Waals surface area (Å²) < 4.78 is 0. The van der Waals surface area contributed by atoms with Crippen molar-refractivity contribution in [2.45, 2.75) is 0 Å². The normalized spacial score (nSPS) is 10.9. The van der Waals surface area contributed by atoms with E-state index in [9.17, 15) is 0 Å².